The Morgan fingerprint density at radius 3 is 2.83 bits per heavy atom. The molecule has 1 unspecified atom stereocenters. The van der Waals surface area contributed by atoms with Crippen LogP contribution in [0.15, 0.2) is 21.9 Å². The first-order valence-electron chi connectivity index (χ1n) is 7.58. The summed E-state index contributed by atoms with van der Waals surface area (Å²) in [6.07, 6.45) is 4.12. The van der Waals surface area contributed by atoms with E-state index in [4.69, 9.17) is 4.74 Å². The fraction of sp³-hybridized carbons (Fsp3) is 0.714. The minimum atomic E-state index is -3.67. The van der Waals surface area contributed by atoms with Crippen LogP contribution in [-0.4, -0.2) is 48.7 Å². The Bertz CT molecular complexity index is 621. The maximum Gasteiger partial charge on any atom is 0.407 e. The zero-order chi connectivity index (χ0) is 17.1. The van der Waals surface area contributed by atoms with Crippen molar-refractivity contribution in [2.75, 3.05) is 13.1 Å². The minimum absolute atomic E-state index is 0.0293. The van der Waals surface area contributed by atoms with Gasteiger partial charge in [-0.25, -0.2) is 13.2 Å². The monoisotopic (exact) mass is 345 g/mol. The van der Waals surface area contributed by atoms with Crippen LogP contribution in [0.1, 0.15) is 40.0 Å². The largest absolute Gasteiger partial charge is 0.444 e. The molecule has 9 heteroatoms. The smallest absolute Gasteiger partial charge is 0.407 e. The lowest BCUT2D eigenvalue weighted by Gasteiger charge is -2.34. The van der Waals surface area contributed by atoms with Gasteiger partial charge in [-0.15, -0.1) is 0 Å². The van der Waals surface area contributed by atoms with Gasteiger partial charge in [-0.3, -0.25) is 0 Å². The highest BCUT2D eigenvalue weighted by atomic mass is 32.2. The third-order valence-electron chi connectivity index (χ3n) is 3.47. The molecular formula is C14H23N3O5S. The number of hydrogen-bond acceptors (Lipinski definition) is 6. The van der Waals surface area contributed by atoms with Gasteiger partial charge in [-0.05, 0) is 33.6 Å². The maximum atomic E-state index is 12.6. The molecule has 1 aliphatic rings. The zero-order valence-corrected chi connectivity index (χ0v) is 14.4. The third kappa shape index (κ3) is 4.68. The molecule has 0 bridgehead atoms. The molecule has 1 N–H and O–H groups in total. The molecule has 1 fully saturated rings. The van der Waals surface area contributed by atoms with Crippen LogP contribution in [0.25, 0.3) is 0 Å². The first-order chi connectivity index (χ1) is 10.7. The highest BCUT2D eigenvalue weighted by Crippen LogP contribution is 2.24. The summed E-state index contributed by atoms with van der Waals surface area (Å²) in [5.74, 6) is 0. The molecule has 23 heavy (non-hydrogen) atoms. The van der Waals surface area contributed by atoms with Gasteiger partial charge >= 0.3 is 6.09 Å². The first kappa shape index (κ1) is 17.7. The van der Waals surface area contributed by atoms with Crippen LogP contribution in [0.5, 0.6) is 0 Å². The fourth-order valence-corrected chi connectivity index (χ4v) is 4.02. The predicted molar refractivity (Wildman–Crippen MR) is 82.3 cm³/mol. The van der Waals surface area contributed by atoms with E-state index < -0.39 is 21.7 Å². The van der Waals surface area contributed by atoms with Crippen molar-refractivity contribution >= 4 is 16.1 Å². The number of carbonyl (C=O) groups excluding carboxylic acids is 1. The van der Waals surface area contributed by atoms with E-state index >= 15 is 0 Å². The number of nitrogens with zero attached hydrogens (tertiary/aromatic N) is 2. The van der Waals surface area contributed by atoms with Crippen LogP contribution < -0.4 is 5.32 Å². The van der Waals surface area contributed by atoms with E-state index in [9.17, 15) is 13.2 Å². The van der Waals surface area contributed by atoms with Crippen molar-refractivity contribution in [1.29, 1.82) is 0 Å². The molecule has 8 nitrogen and oxygen atoms in total. The van der Waals surface area contributed by atoms with Crippen LogP contribution >= 0.6 is 0 Å². The van der Waals surface area contributed by atoms with Gasteiger partial charge in [-0.2, -0.15) is 4.31 Å². The van der Waals surface area contributed by atoms with Gasteiger partial charge in [0.2, 0.25) is 10.0 Å². The van der Waals surface area contributed by atoms with Crippen molar-refractivity contribution < 1.29 is 22.5 Å². The highest BCUT2D eigenvalue weighted by Gasteiger charge is 2.34. The van der Waals surface area contributed by atoms with Crippen LogP contribution in [-0.2, 0) is 14.8 Å². The summed E-state index contributed by atoms with van der Waals surface area (Å²) in [6.45, 7) is 5.94. The molecule has 1 atom stereocenters. The van der Waals surface area contributed by atoms with Crippen molar-refractivity contribution in [3.05, 3.63) is 12.5 Å². The summed E-state index contributed by atoms with van der Waals surface area (Å²) >= 11 is 0. The Labute approximate surface area is 136 Å². The van der Waals surface area contributed by atoms with Gasteiger partial charge < -0.3 is 14.6 Å². The van der Waals surface area contributed by atoms with Crippen molar-refractivity contribution in [3.8, 4) is 0 Å². The molecular weight excluding hydrogens is 322 g/mol. The number of alkyl carbamates (subject to hydrolysis) is 1. The molecule has 0 spiro atoms. The van der Waals surface area contributed by atoms with Crippen molar-refractivity contribution in [2.24, 2.45) is 0 Å². The first-order valence-corrected chi connectivity index (χ1v) is 9.02. The summed E-state index contributed by atoms with van der Waals surface area (Å²) in [6, 6.07) is -0.309. The van der Waals surface area contributed by atoms with E-state index in [0.29, 0.717) is 13.0 Å². The molecule has 2 rings (SSSR count). The number of amides is 1. The Morgan fingerprint density at radius 1 is 1.48 bits per heavy atom. The number of carbonyl (C=O) groups is 1. The van der Waals surface area contributed by atoms with Crippen LogP contribution in [0.2, 0.25) is 0 Å². The molecule has 1 saturated heterocycles. The zero-order valence-electron chi connectivity index (χ0n) is 13.6. The van der Waals surface area contributed by atoms with Crippen LogP contribution in [0.3, 0.4) is 0 Å². The normalized spacial score (nSPS) is 20.2. The van der Waals surface area contributed by atoms with Crippen molar-refractivity contribution in [3.63, 3.8) is 0 Å². The number of piperidine rings is 1. The van der Waals surface area contributed by atoms with Gasteiger partial charge in [0.15, 0.2) is 0 Å². The third-order valence-corrected chi connectivity index (χ3v) is 5.37. The van der Waals surface area contributed by atoms with E-state index in [1.165, 1.54) is 10.5 Å². The Kier molecular flexibility index (Phi) is 5.30. The summed E-state index contributed by atoms with van der Waals surface area (Å²) in [4.78, 5) is 11.8. The summed E-state index contributed by atoms with van der Waals surface area (Å²) < 4.78 is 36.4. The lowest BCUT2D eigenvalue weighted by atomic mass is 10.1. The fourth-order valence-electron chi connectivity index (χ4n) is 2.47. The number of nitrogens with one attached hydrogen (secondary N) is 1. The molecule has 0 aromatic carbocycles. The van der Waals surface area contributed by atoms with Gasteiger partial charge in [-0.1, -0.05) is 11.6 Å². The average molecular weight is 345 g/mol. The molecule has 1 aromatic rings. The molecule has 0 radical (unpaired) electrons. The van der Waals surface area contributed by atoms with E-state index in [1.54, 1.807) is 20.8 Å². The second-order valence-corrected chi connectivity index (χ2v) is 8.40. The lowest BCUT2D eigenvalue weighted by molar-refractivity contribution is 0.0512. The van der Waals surface area contributed by atoms with Gasteiger partial charge in [0.05, 0.1) is 6.20 Å². The van der Waals surface area contributed by atoms with E-state index in [2.05, 4.69) is 15.0 Å². The molecule has 130 valence electrons. The maximum absolute atomic E-state index is 12.6. The van der Waals surface area contributed by atoms with Crippen molar-refractivity contribution in [2.45, 2.75) is 56.6 Å². The van der Waals surface area contributed by atoms with Crippen LogP contribution in [0.4, 0.5) is 4.79 Å². The minimum Gasteiger partial charge on any atom is -0.444 e. The summed E-state index contributed by atoms with van der Waals surface area (Å²) in [5.41, 5.74) is -0.592. The van der Waals surface area contributed by atoms with Gasteiger partial charge in [0.1, 0.15) is 16.8 Å². The van der Waals surface area contributed by atoms with Crippen LogP contribution in [0, 0.1) is 0 Å². The molecule has 1 aliphatic heterocycles. The second kappa shape index (κ2) is 6.88. The second-order valence-electron chi connectivity index (χ2n) is 6.51. The molecule has 0 aliphatic carbocycles. The Hall–Kier alpha value is -1.61. The standard InChI is InChI=1S/C14H23N3O5S/c1-14(2,3)22-13(18)15-8-11-6-4-5-7-17(11)23(19,20)12-9-16-21-10-12/h9-11H,4-8H2,1-3H3,(H,15,18). The van der Waals surface area contributed by atoms with Gasteiger partial charge in [0.25, 0.3) is 0 Å². The SMILES string of the molecule is CC(C)(C)OC(=O)NCC1CCCCN1S(=O)(=O)c1cnoc1. The summed E-state index contributed by atoms with van der Waals surface area (Å²) in [5, 5.41) is 6.10. The number of ether oxygens (including phenoxy) is 1. The quantitative estimate of drug-likeness (QED) is 0.892. The van der Waals surface area contributed by atoms with E-state index in [1.807, 2.05) is 0 Å². The summed E-state index contributed by atoms with van der Waals surface area (Å²) in [7, 11) is -3.67. The molecule has 1 aromatic heterocycles. The topological polar surface area (TPSA) is 102 Å². The highest BCUT2D eigenvalue weighted by molar-refractivity contribution is 7.89. The molecule has 1 amide bonds. The van der Waals surface area contributed by atoms with E-state index in [-0.39, 0.29) is 17.5 Å². The predicted octanol–water partition coefficient (Wildman–Crippen LogP) is 1.74. The molecule has 0 saturated carbocycles. The molecule has 2 heterocycles. The Balaban J connectivity index is 2.03. The van der Waals surface area contributed by atoms with Crippen molar-refractivity contribution in [1.82, 2.24) is 14.8 Å². The average Bonchev–Trinajstić information content (AvgIpc) is 2.98. The Morgan fingerprint density at radius 2 is 2.22 bits per heavy atom. The number of aromatic nitrogens is 1. The number of rotatable bonds is 4. The van der Waals surface area contributed by atoms with Gasteiger partial charge in [0, 0.05) is 19.1 Å². The number of sulfonamides is 1. The van der Waals surface area contributed by atoms with E-state index in [0.717, 1.165) is 19.1 Å². The number of hydrogen-bond donors (Lipinski definition) is 1. The lowest BCUT2D eigenvalue weighted by Crippen LogP contribution is -2.49.